The topological polar surface area (TPSA) is 93.1 Å². The van der Waals surface area contributed by atoms with E-state index in [1.807, 2.05) is 36.5 Å². The average molecular weight is 715 g/mol. The smallest absolute Gasteiger partial charge is 0.306 e. The van der Waals surface area contributed by atoms with Gasteiger partial charge in [-0.05, 0) is 50.9 Å². The monoisotopic (exact) mass is 715 g/mol. The molecule has 294 valence electrons. The summed E-state index contributed by atoms with van der Waals surface area (Å²) in [7, 11) is 0. The van der Waals surface area contributed by atoms with Gasteiger partial charge in [-0.2, -0.15) is 0 Å². The van der Waals surface area contributed by atoms with Crippen molar-refractivity contribution in [1.82, 2.24) is 0 Å². The third-order valence-corrected chi connectivity index (χ3v) is 8.83. The Labute approximate surface area is 313 Å². The molecular weight excluding hydrogens is 636 g/mol. The van der Waals surface area contributed by atoms with Gasteiger partial charge in [0.05, 0.1) is 12.7 Å². The standard InChI is InChI=1S/C45H78O6/c1-4-5-6-7-25-30-35-42(47)36-31-26-21-18-19-22-27-32-37-44(48)50-40-43(39-46)51-45(49)38-33-28-23-17-15-13-11-9-8-10-12-14-16-20-24-29-34-41(2)3/h5-6,19,21-22,25-26,30-31,36,41-43,46-47H,4,7-18,20,23-24,27-29,32-35,37-40H2,1-3H3/b6-5-,22-19-,26-21-,30-25-,36-31+/t42?,43-/m0/s1. The summed E-state index contributed by atoms with van der Waals surface area (Å²) in [5.41, 5.74) is 0. The predicted molar refractivity (Wildman–Crippen MR) is 216 cm³/mol. The largest absolute Gasteiger partial charge is 0.462 e. The quantitative estimate of drug-likeness (QED) is 0.0290. The van der Waals surface area contributed by atoms with E-state index in [4.69, 9.17) is 9.47 Å². The van der Waals surface area contributed by atoms with Crippen LogP contribution in [0.3, 0.4) is 0 Å². The van der Waals surface area contributed by atoms with Crippen LogP contribution in [0.5, 0.6) is 0 Å². The van der Waals surface area contributed by atoms with Crippen LogP contribution < -0.4 is 0 Å². The van der Waals surface area contributed by atoms with Crippen LogP contribution in [0, 0.1) is 5.92 Å². The Morgan fingerprint density at radius 3 is 1.73 bits per heavy atom. The molecule has 0 aliphatic carbocycles. The van der Waals surface area contributed by atoms with Gasteiger partial charge < -0.3 is 19.7 Å². The number of aliphatic hydroxyl groups excluding tert-OH is 2. The van der Waals surface area contributed by atoms with Gasteiger partial charge >= 0.3 is 11.9 Å². The fraction of sp³-hybridized carbons (Fsp3) is 0.733. The lowest BCUT2D eigenvalue weighted by Gasteiger charge is -2.15. The highest BCUT2D eigenvalue weighted by atomic mass is 16.6. The summed E-state index contributed by atoms with van der Waals surface area (Å²) >= 11 is 0. The van der Waals surface area contributed by atoms with E-state index in [9.17, 15) is 19.8 Å². The molecule has 0 saturated carbocycles. The maximum atomic E-state index is 12.2. The Kier molecular flexibility index (Phi) is 36.9. The minimum Gasteiger partial charge on any atom is -0.462 e. The van der Waals surface area contributed by atoms with Gasteiger partial charge in [0.2, 0.25) is 0 Å². The van der Waals surface area contributed by atoms with Crippen LogP contribution in [0.1, 0.15) is 181 Å². The zero-order chi connectivity index (χ0) is 37.5. The van der Waals surface area contributed by atoms with Gasteiger partial charge in [-0.25, -0.2) is 0 Å². The molecule has 2 atom stereocenters. The molecule has 6 heteroatoms. The van der Waals surface area contributed by atoms with Crippen molar-refractivity contribution in [3.63, 3.8) is 0 Å². The lowest BCUT2D eigenvalue weighted by molar-refractivity contribution is -0.161. The molecule has 0 heterocycles. The van der Waals surface area contributed by atoms with Crippen molar-refractivity contribution in [2.75, 3.05) is 13.2 Å². The van der Waals surface area contributed by atoms with Crippen LogP contribution in [0.25, 0.3) is 0 Å². The molecule has 0 aliphatic heterocycles. The first-order chi connectivity index (χ1) is 24.9. The first-order valence-electron chi connectivity index (χ1n) is 20.8. The van der Waals surface area contributed by atoms with Gasteiger partial charge in [-0.3, -0.25) is 9.59 Å². The molecular formula is C45H78O6. The van der Waals surface area contributed by atoms with Gasteiger partial charge in [0, 0.05) is 12.8 Å². The van der Waals surface area contributed by atoms with Crippen LogP contribution in [0.15, 0.2) is 60.8 Å². The molecule has 1 unspecified atom stereocenters. The second-order valence-corrected chi connectivity index (χ2v) is 14.4. The Morgan fingerprint density at radius 1 is 0.608 bits per heavy atom. The molecule has 2 N–H and O–H groups in total. The highest BCUT2D eigenvalue weighted by Crippen LogP contribution is 2.15. The van der Waals surface area contributed by atoms with Crippen molar-refractivity contribution in [1.29, 1.82) is 0 Å². The maximum absolute atomic E-state index is 12.2. The normalized spacial score (nSPS) is 13.5. The van der Waals surface area contributed by atoms with Gasteiger partial charge in [-0.1, -0.05) is 184 Å². The van der Waals surface area contributed by atoms with E-state index in [0.717, 1.165) is 50.9 Å². The summed E-state index contributed by atoms with van der Waals surface area (Å²) < 4.78 is 10.6. The summed E-state index contributed by atoms with van der Waals surface area (Å²) in [6.45, 7) is 6.26. The molecule has 51 heavy (non-hydrogen) atoms. The summed E-state index contributed by atoms with van der Waals surface area (Å²) in [6.07, 6.45) is 46.1. The van der Waals surface area contributed by atoms with Gasteiger partial charge in [0.25, 0.3) is 0 Å². The van der Waals surface area contributed by atoms with Crippen molar-refractivity contribution in [3.05, 3.63) is 60.8 Å². The SMILES string of the molecule is CC/C=C\C/C=C\CC(O)/C=C/C=C\C/C=C\CCCC(=O)OC[C@H](CO)OC(=O)CCCCCCCCCCCCCCCCCCC(C)C. The second kappa shape index (κ2) is 38.8. The number of hydrogen-bond acceptors (Lipinski definition) is 6. The summed E-state index contributed by atoms with van der Waals surface area (Å²) in [6, 6.07) is 0. The minimum absolute atomic E-state index is 0.116. The van der Waals surface area contributed by atoms with Gasteiger partial charge in [0.15, 0.2) is 6.10 Å². The molecule has 0 aromatic carbocycles. The molecule has 6 nitrogen and oxygen atoms in total. The predicted octanol–water partition coefficient (Wildman–Crippen LogP) is 12.0. The van der Waals surface area contributed by atoms with Crippen LogP contribution in [-0.4, -0.2) is 47.6 Å². The van der Waals surface area contributed by atoms with Crippen LogP contribution in [-0.2, 0) is 19.1 Å². The van der Waals surface area contributed by atoms with E-state index < -0.39 is 12.2 Å². The fourth-order valence-corrected chi connectivity index (χ4v) is 5.68. The number of allylic oxidation sites excluding steroid dienone is 8. The summed E-state index contributed by atoms with van der Waals surface area (Å²) in [4.78, 5) is 24.3. The number of unbranched alkanes of at least 4 members (excludes halogenated alkanes) is 16. The van der Waals surface area contributed by atoms with E-state index in [1.54, 1.807) is 6.08 Å². The molecule has 0 aliphatic rings. The van der Waals surface area contributed by atoms with Crippen LogP contribution >= 0.6 is 0 Å². The minimum atomic E-state index is -0.813. The summed E-state index contributed by atoms with van der Waals surface area (Å²) in [5, 5.41) is 19.5. The second-order valence-electron chi connectivity index (χ2n) is 14.4. The third-order valence-electron chi connectivity index (χ3n) is 8.83. The molecule has 0 aromatic heterocycles. The Bertz CT molecular complexity index is 931. The van der Waals surface area contributed by atoms with E-state index in [0.29, 0.717) is 19.3 Å². The van der Waals surface area contributed by atoms with Crippen molar-refractivity contribution in [3.8, 4) is 0 Å². The number of aliphatic hydroxyl groups is 2. The Balaban J connectivity index is 3.68. The van der Waals surface area contributed by atoms with Crippen molar-refractivity contribution in [2.24, 2.45) is 5.92 Å². The summed E-state index contributed by atoms with van der Waals surface area (Å²) in [5.74, 6) is 0.154. The Hall–Kier alpha value is -2.44. The highest BCUT2D eigenvalue weighted by molar-refractivity contribution is 5.70. The van der Waals surface area contributed by atoms with Crippen molar-refractivity contribution in [2.45, 2.75) is 193 Å². The zero-order valence-corrected chi connectivity index (χ0v) is 33.1. The first-order valence-corrected chi connectivity index (χ1v) is 20.8. The van der Waals surface area contributed by atoms with Gasteiger partial charge in [-0.15, -0.1) is 0 Å². The number of esters is 2. The molecule has 0 spiro atoms. The Morgan fingerprint density at radius 2 is 1.14 bits per heavy atom. The van der Waals surface area contributed by atoms with E-state index >= 15 is 0 Å². The number of carbonyl (C=O) groups is 2. The zero-order valence-electron chi connectivity index (χ0n) is 33.1. The van der Waals surface area contributed by atoms with Crippen molar-refractivity contribution < 1.29 is 29.3 Å². The molecule has 0 fully saturated rings. The van der Waals surface area contributed by atoms with Crippen molar-refractivity contribution >= 4 is 11.9 Å². The van der Waals surface area contributed by atoms with E-state index in [1.165, 1.54) is 89.9 Å². The molecule has 0 amide bonds. The number of ether oxygens (including phenoxy) is 2. The molecule has 0 aromatic rings. The number of rotatable bonds is 36. The van der Waals surface area contributed by atoms with Crippen LogP contribution in [0.2, 0.25) is 0 Å². The third kappa shape index (κ3) is 38.6. The van der Waals surface area contributed by atoms with Gasteiger partial charge in [0.1, 0.15) is 6.61 Å². The maximum Gasteiger partial charge on any atom is 0.306 e. The lowest BCUT2D eigenvalue weighted by atomic mass is 10.0. The lowest BCUT2D eigenvalue weighted by Crippen LogP contribution is -2.28. The first kappa shape index (κ1) is 48.6. The highest BCUT2D eigenvalue weighted by Gasteiger charge is 2.16. The molecule has 0 saturated heterocycles. The number of hydrogen-bond donors (Lipinski definition) is 2. The number of carbonyl (C=O) groups excluding carboxylic acids is 2. The average Bonchev–Trinajstić information content (AvgIpc) is 3.11. The van der Waals surface area contributed by atoms with Crippen LogP contribution in [0.4, 0.5) is 0 Å². The molecule has 0 radical (unpaired) electrons. The van der Waals surface area contributed by atoms with E-state index in [-0.39, 0.29) is 31.6 Å². The van der Waals surface area contributed by atoms with E-state index in [2.05, 4.69) is 39.0 Å². The molecule has 0 rings (SSSR count). The fourth-order valence-electron chi connectivity index (χ4n) is 5.68. The molecule has 0 bridgehead atoms.